The molecule has 104 valence electrons. The molecule has 1 aliphatic rings. The van der Waals surface area contributed by atoms with Crippen LogP contribution < -0.4 is 10.6 Å². The molecule has 2 heterocycles. The van der Waals surface area contributed by atoms with Crippen LogP contribution in [0.15, 0.2) is 30.3 Å². The zero-order valence-electron chi connectivity index (χ0n) is 11.6. The van der Waals surface area contributed by atoms with Crippen molar-refractivity contribution in [3.05, 3.63) is 35.9 Å². The highest BCUT2D eigenvalue weighted by molar-refractivity contribution is 6.03. The van der Waals surface area contributed by atoms with Crippen molar-refractivity contribution < 1.29 is 0 Å². The van der Waals surface area contributed by atoms with Gasteiger partial charge < -0.3 is 15.5 Å². The minimum absolute atomic E-state index is 0.0807. The molecule has 5 nitrogen and oxygen atoms in total. The van der Waals surface area contributed by atoms with Crippen LogP contribution in [0, 0.1) is 5.41 Å². The number of nitrogen functional groups attached to an aromatic ring is 1. The molecule has 0 atom stereocenters. The minimum Gasteiger partial charge on any atom is -0.384 e. The number of rotatable bonds is 2. The molecule has 20 heavy (non-hydrogen) atoms. The van der Waals surface area contributed by atoms with Gasteiger partial charge in [-0.2, -0.15) is 0 Å². The summed E-state index contributed by atoms with van der Waals surface area (Å²) in [5, 5.41) is 8.83. The molecule has 1 aromatic heterocycles. The summed E-state index contributed by atoms with van der Waals surface area (Å²) in [4.78, 5) is 9.25. The predicted octanol–water partition coefficient (Wildman–Crippen LogP) is 1.27. The monoisotopic (exact) mass is 269 g/mol. The van der Waals surface area contributed by atoms with Crippen LogP contribution in [0.2, 0.25) is 0 Å². The molecule has 1 fully saturated rings. The highest BCUT2D eigenvalue weighted by atomic mass is 15.3. The number of amidine groups is 1. The molecule has 2 aromatic rings. The van der Waals surface area contributed by atoms with Gasteiger partial charge in [-0.25, -0.2) is 4.98 Å². The Morgan fingerprint density at radius 3 is 2.60 bits per heavy atom. The summed E-state index contributed by atoms with van der Waals surface area (Å²) >= 11 is 0. The normalized spacial score (nSPS) is 16.6. The van der Waals surface area contributed by atoms with E-state index in [0.29, 0.717) is 0 Å². The van der Waals surface area contributed by atoms with E-state index >= 15 is 0 Å². The third-order valence-corrected chi connectivity index (χ3v) is 3.80. The van der Waals surface area contributed by atoms with Gasteiger partial charge in [-0.15, -0.1) is 0 Å². The maximum Gasteiger partial charge on any atom is 0.140 e. The van der Waals surface area contributed by atoms with Crippen LogP contribution in [-0.4, -0.2) is 48.9 Å². The van der Waals surface area contributed by atoms with Gasteiger partial charge >= 0.3 is 0 Å². The molecular formula is C15H19N5. The lowest BCUT2D eigenvalue weighted by Crippen LogP contribution is -2.45. The summed E-state index contributed by atoms with van der Waals surface area (Å²) in [5.41, 5.74) is 7.43. The van der Waals surface area contributed by atoms with Crippen molar-refractivity contribution in [2.75, 3.05) is 38.1 Å². The van der Waals surface area contributed by atoms with E-state index < -0.39 is 0 Å². The Kier molecular flexibility index (Phi) is 3.28. The lowest BCUT2D eigenvalue weighted by molar-refractivity contribution is 0.312. The Bertz CT molecular complexity index is 644. The number of anilines is 1. The molecular weight excluding hydrogens is 250 g/mol. The molecule has 0 unspecified atom stereocenters. The van der Waals surface area contributed by atoms with Crippen LogP contribution in [0.5, 0.6) is 0 Å². The summed E-state index contributed by atoms with van der Waals surface area (Å²) in [7, 11) is 2.12. The second-order valence-corrected chi connectivity index (χ2v) is 5.26. The molecule has 0 aliphatic carbocycles. The summed E-state index contributed by atoms with van der Waals surface area (Å²) in [6, 6.07) is 9.93. The second kappa shape index (κ2) is 5.09. The maximum absolute atomic E-state index is 7.81. The number of aromatic nitrogens is 1. The van der Waals surface area contributed by atoms with Gasteiger partial charge in [-0.3, -0.25) is 5.41 Å². The molecule has 0 radical (unpaired) electrons. The van der Waals surface area contributed by atoms with Crippen molar-refractivity contribution >= 4 is 22.6 Å². The van der Waals surface area contributed by atoms with E-state index in [1.54, 1.807) is 0 Å². The van der Waals surface area contributed by atoms with E-state index in [-0.39, 0.29) is 5.84 Å². The SMILES string of the molecule is CN1CCN(c2nc3ccccc3cc2C(=N)N)CC1. The highest BCUT2D eigenvalue weighted by Gasteiger charge is 2.20. The molecule has 1 saturated heterocycles. The number of hydrogen-bond donors (Lipinski definition) is 2. The molecule has 0 bridgehead atoms. The van der Waals surface area contributed by atoms with E-state index in [2.05, 4.69) is 16.8 Å². The molecule has 1 aromatic carbocycles. The first kappa shape index (κ1) is 12.9. The van der Waals surface area contributed by atoms with Gasteiger partial charge in [0.1, 0.15) is 11.7 Å². The highest BCUT2D eigenvalue weighted by Crippen LogP contribution is 2.24. The molecule has 0 amide bonds. The van der Waals surface area contributed by atoms with E-state index in [1.807, 2.05) is 30.3 Å². The predicted molar refractivity (Wildman–Crippen MR) is 82.5 cm³/mol. The average molecular weight is 269 g/mol. The summed E-state index contributed by atoms with van der Waals surface area (Å²) in [6.45, 7) is 3.85. The molecule has 3 N–H and O–H groups in total. The standard InChI is InChI=1S/C15H19N5/c1-19-6-8-20(9-7-19)15-12(14(16)17)10-11-4-2-3-5-13(11)18-15/h2-5,10H,6-9H2,1H3,(H3,16,17). The van der Waals surface area contributed by atoms with E-state index in [1.165, 1.54) is 0 Å². The number of nitrogens with two attached hydrogens (primary N) is 1. The van der Waals surface area contributed by atoms with Gasteiger partial charge in [0, 0.05) is 31.6 Å². The smallest absolute Gasteiger partial charge is 0.140 e. The fourth-order valence-corrected chi connectivity index (χ4v) is 2.56. The third-order valence-electron chi connectivity index (χ3n) is 3.80. The molecule has 3 rings (SSSR count). The Labute approximate surface area is 118 Å². The summed E-state index contributed by atoms with van der Waals surface area (Å²) in [6.07, 6.45) is 0. The number of para-hydroxylation sites is 1. The first-order valence-electron chi connectivity index (χ1n) is 6.83. The first-order valence-corrected chi connectivity index (χ1v) is 6.83. The zero-order chi connectivity index (χ0) is 14.1. The fourth-order valence-electron chi connectivity index (χ4n) is 2.56. The Morgan fingerprint density at radius 2 is 1.90 bits per heavy atom. The van der Waals surface area contributed by atoms with Gasteiger partial charge in [0.05, 0.1) is 11.1 Å². The molecule has 0 saturated carbocycles. The van der Waals surface area contributed by atoms with E-state index in [0.717, 1.165) is 48.5 Å². The average Bonchev–Trinajstić information content (AvgIpc) is 2.46. The number of hydrogen-bond acceptors (Lipinski definition) is 4. The van der Waals surface area contributed by atoms with Gasteiger partial charge in [0.25, 0.3) is 0 Å². The van der Waals surface area contributed by atoms with Crippen LogP contribution in [-0.2, 0) is 0 Å². The molecule has 0 spiro atoms. The van der Waals surface area contributed by atoms with Crippen molar-refractivity contribution in [1.82, 2.24) is 9.88 Å². The quantitative estimate of drug-likeness (QED) is 0.636. The first-order chi connectivity index (χ1) is 9.65. The Hall–Kier alpha value is -2.14. The third kappa shape index (κ3) is 2.32. The van der Waals surface area contributed by atoms with Crippen LogP contribution in [0.25, 0.3) is 10.9 Å². The van der Waals surface area contributed by atoms with Gasteiger partial charge in [0.15, 0.2) is 0 Å². The van der Waals surface area contributed by atoms with Gasteiger partial charge in [0.2, 0.25) is 0 Å². The van der Waals surface area contributed by atoms with Crippen molar-refractivity contribution in [3.8, 4) is 0 Å². The summed E-state index contributed by atoms with van der Waals surface area (Å²) in [5.74, 6) is 0.918. The number of nitrogens with zero attached hydrogens (tertiary/aromatic N) is 3. The summed E-state index contributed by atoms with van der Waals surface area (Å²) < 4.78 is 0. The lowest BCUT2D eigenvalue weighted by atomic mass is 10.1. The number of benzene rings is 1. The number of likely N-dealkylation sites (N-methyl/N-ethyl adjacent to an activating group) is 1. The van der Waals surface area contributed by atoms with Crippen LogP contribution in [0.3, 0.4) is 0 Å². The van der Waals surface area contributed by atoms with E-state index in [9.17, 15) is 0 Å². The van der Waals surface area contributed by atoms with Gasteiger partial charge in [-0.1, -0.05) is 18.2 Å². The largest absolute Gasteiger partial charge is 0.384 e. The number of piperazine rings is 1. The fraction of sp³-hybridized carbons (Fsp3) is 0.333. The lowest BCUT2D eigenvalue weighted by Gasteiger charge is -2.34. The second-order valence-electron chi connectivity index (χ2n) is 5.26. The van der Waals surface area contributed by atoms with Crippen LogP contribution >= 0.6 is 0 Å². The number of fused-ring (bicyclic) bond motifs is 1. The van der Waals surface area contributed by atoms with E-state index in [4.69, 9.17) is 16.1 Å². The Morgan fingerprint density at radius 1 is 1.20 bits per heavy atom. The van der Waals surface area contributed by atoms with Crippen molar-refractivity contribution in [3.63, 3.8) is 0 Å². The maximum atomic E-state index is 7.81. The number of pyridine rings is 1. The zero-order valence-corrected chi connectivity index (χ0v) is 11.6. The topological polar surface area (TPSA) is 69.2 Å². The molecule has 1 aliphatic heterocycles. The number of nitrogens with one attached hydrogen (secondary N) is 1. The molecule has 5 heteroatoms. The van der Waals surface area contributed by atoms with Crippen LogP contribution in [0.1, 0.15) is 5.56 Å². The minimum atomic E-state index is 0.0807. The van der Waals surface area contributed by atoms with Crippen molar-refractivity contribution in [1.29, 1.82) is 5.41 Å². The van der Waals surface area contributed by atoms with Crippen molar-refractivity contribution in [2.45, 2.75) is 0 Å². The van der Waals surface area contributed by atoms with Gasteiger partial charge in [-0.05, 0) is 19.2 Å². The van der Waals surface area contributed by atoms with Crippen molar-refractivity contribution in [2.24, 2.45) is 5.73 Å². The Balaban J connectivity index is 2.07. The van der Waals surface area contributed by atoms with Crippen LogP contribution in [0.4, 0.5) is 5.82 Å².